The zero-order chi connectivity index (χ0) is 33.5. The molecule has 9 rings (SSSR count). The van der Waals surface area contributed by atoms with Crippen molar-refractivity contribution in [2.75, 3.05) is 13.2 Å². The van der Waals surface area contributed by atoms with Gasteiger partial charge < -0.3 is 43.4 Å². The molecular formula is C37H46O11. The zero-order valence-electron chi connectivity index (χ0n) is 27.9. The fraction of sp³-hybridized carbons (Fsp3) is 0.730. The number of esters is 2. The lowest BCUT2D eigenvalue weighted by atomic mass is 9.50. The van der Waals surface area contributed by atoms with Gasteiger partial charge in [-0.3, -0.25) is 0 Å². The molecule has 0 aromatic heterocycles. The predicted octanol–water partition coefficient (Wildman–Crippen LogP) is 3.79. The maximum Gasteiger partial charge on any atom is 0.344 e. The summed E-state index contributed by atoms with van der Waals surface area (Å²) >= 11 is 0. The fourth-order valence-electron chi connectivity index (χ4n) is 11.5. The van der Waals surface area contributed by atoms with Crippen LogP contribution in [0.1, 0.15) is 82.5 Å². The van der Waals surface area contributed by atoms with E-state index in [1.165, 1.54) is 0 Å². The molecule has 0 radical (unpaired) electrons. The lowest BCUT2D eigenvalue weighted by Crippen LogP contribution is -2.75. The van der Waals surface area contributed by atoms with E-state index < -0.39 is 94.7 Å². The Morgan fingerprint density at radius 1 is 1.02 bits per heavy atom. The number of hydrogen-bond acceptors (Lipinski definition) is 11. The van der Waals surface area contributed by atoms with Crippen LogP contribution in [0.5, 0.6) is 0 Å². The minimum Gasteiger partial charge on any atom is -0.462 e. The molecule has 5 bridgehead atoms. The number of carbonyl (C=O) groups is 2. The molecule has 1 aromatic carbocycles. The van der Waals surface area contributed by atoms with Crippen LogP contribution in [0.4, 0.5) is 0 Å². The SMILES string of the molecule is C=C(C)[C@]12C[C@@H](COC(=O)c3ccccc3)[C@]34O[C@@]5(CCCCCCC[C@H](C)[C@@H]6[C@@H]3[C@]3(O[C@]6(C)OC3=O)[C@H](O)[C@@]3(CO)O[C@H]3[C@H]4[C@H]1O5)O2. The van der Waals surface area contributed by atoms with E-state index in [-0.39, 0.29) is 12.5 Å². The van der Waals surface area contributed by atoms with Crippen LogP contribution in [0.25, 0.3) is 0 Å². The number of benzene rings is 1. The van der Waals surface area contributed by atoms with E-state index in [9.17, 15) is 19.8 Å². The van der Waals surface area contributed by atoms with Gasteiger partial charge in [-0.15, -0.1) is 0 Å². The van der Waals surface area contributed by atoms with Gasteiger partial charge in [-0.2, -0.15) is 0 Å². The van der Waals surface area contributed by atoms with Crippen molar-refractivity contribution in [2.45, 2.75) is 125 Å². The Morgan fingerprint density at radius 2 is 1.77 bits per heavy atom. The number of epoxide rings is 1. The van der Waals surface area contributed by atoms with E-state index >= 15 is 0 Å². The van der Waals surface area contributed by atoms with Gasteiger partial charge in [0.25, 0.3) is 5.97 Å². The average molecular weight is 667 g/mol. The van der Waals surface area contributed by atoms with E-state index in [4.69, 9.17) is 33.2 Å². The second-order valence-corrected chi connectivity index (χ2v) is 16.0. The Bertz CT molecular complexity index is 1550. The van der Waals surface area contributed by atoms with Crippen LogP contribution in [-0.2, 0) is 38.0 Å². The number of fused-ring (bicyclic) bond motifs is 3. The quantitative estimate of drug-likeness (QED) is 0.269. The predicted molar refractivity (Wildman–Crippen MR) is 166 cm³/mol. The van der Waals surface area contributed by atoms with E-state index in [1.54, 1.807) is 31.2 Å². The number of rotatable bonds is 5. The largest absolute Gasteiger partial charge is 0.462 e. The average Bonchev–Trinajstić information content (AvgIpc) is 3.57. The second-order valence-electron chi connectivity index (χ2n) is 16.0. The van der Waals surface area contributed by atoms with Gasteiger partial charge in [-0.1, -0.05) is 63.8 Å². The monoisotopic (exact) mass is 666 g/mol. The van der Waals surface area contributed by atoms with Crippen LogP contribution in [0.2, 0.25) is 0 Å². The van der Waals surface area contributed by atoms with Gasteiger partial charge in [0.05, 0.1) is 24.4 Å². The summed E-state index contributed by atoms with van der Waals surface area (Å²) in [5.41, 5.74) is -4.63. The molecule has 11 heteroatoms. The normalized spacial score (nSPS) is 52.6. The molecule has 0 amide bonds. The Hall–Kier alpha value is -2.38. The summed E-state index contributed by atoms with van der Waals surface area (Å²) in [6.45, 7) is 9.66. The molecule has 8 aliphatic rings. The highest BCUT2D eigenvalue weighted by Crippen LogP contribution is 2.77. The van der Waals surface area contributed by atoms with Crippen molar-refractivity contribution in [3.8, 4) is 0 Å². The lowest BCUT2D eigenvalue weighted by molar-refractivity contribution is -0.436. The van der Waals surface area contributed by atoms with Gasteiger partial charge >= 0.3 is 11.9 Å². The van der Waals surface area contributed by atoms with Gasteiger partial charge in [0, 0.05) is 37.0 Å². The molecule has 1 aromatic rings. The molecule has 6 heterocycles. The summed E-state index contributed by atoms with van der Waals surface area (Å²) in [5.74, 6) is -6.37. The molecule has 6 saturated heterocycles. The van der Waals surface area contributed by atoms with Crippen LogP contribution in [-0.4, -0.2) is 87.8 Å². The van der Waals surface area contributed by atoms with Crippen LogP contribution in [0, 0.1) is 29.6 Å². The first-order valence-electron chi connectivity index (χ1n) is 17.8. The maximum atomic E-state index is 14.4. The van der Waals surface area contributed by atoms with E-state index in [0.29, 0.717) is 18.4 Å². The fourth-order valence-corrected chi connectivity index (χ4v) is 11.5. The van der Waals surface area contributed by atoms with Gasteiger partial charge in [0.15, 0.2) is 0 Å². The van der Waals surface area contributed by atoms with Gasteiger partial charge in [0.2, 0.25) is 11.4 Å². The molecule has 260 valence electrons. The standard InChI is InChI=1S/C37H46O11/c1-20(2)33-17-23(18-42-29(39)22-14-10-8-11-15-22)36-25-27(33)44-35(47-33,48-36)16-12-7-5-6-9-13-21(3)24-26(36)37(31(41)45-32(24,4)46-37)30(40)34(19-38)28(25)43-34/h8,10-11,14-15,21,23-28,30,38,40H,1,5-7,9,12-13,16-19H2,2-4H3/t21-,23-,24+,25+,26-,27+,28-,30+,32-,33+,34-,35+,36+,37-/m0/s1. The van der Waals surface area contributed by atoms with Crippen LogP contribution in [0.3, 0.4) is 0 Å². The Morgan fingerprint density at radius 3 is 2.52 bits per heavy atom. The molecule has 48 heavy (non-hydrogen) atoms. The third kappa shape index (κ3) is 3.69. The van der Waals surface area contributed by atoms with Gasteiger partial charge in [-0.25, -0.2) is 9.59 Å². The summed E-state index contributed by atoms with van der Waals surface area (Å²) in [6, 6.07) is 8.83. The zero-order valence-corrected chi connectivity index (χ0v) is 27.9. The minimum atomic E-state index is -1.91. The smallest absolute Gasteiger partial charge is 0.344 e. The Labute approximate surface area is 280 Å². The summed E-state index contributed by atoms with van der Waals surface area (Å²) < 4.78 is 47.0. The molecule has 2 saturated carbocycles. The van der Waals surface area contributed by atoms with Crippen LogP contribution >= 0.6 is 0 Å². The summed E-state index contributed by atoms with van der Waals surface area (Å²) in [4.78, 5) is 27.9. The van der Waals surface area contributed by atoms with E-state index in [1.807, 2.05) is 13.0 Å². The molecule has 2 aliphatic carbocycles. The first-order chi connectivity index (χ1) is 22.9. The highest BCUT2D eigenvalue weighted by molar-refractivity contribution is 5.89. The first kappa shape index (κ1) is 31.6. The number of hydrogen-bond donors (Lipinski definition) is 2. The number of ether oxygens (including phenoxy) is 7. The van der Waals surface area contributed by atoms with Crippen molar-refractivity contribution in [1.29, 1.82) is 0 Å². The number of aliphatic hydroxyl groups excluding tert-OH is 2. The topological polar surface area (TPSA) is 143 Å². The second kappa shape index (κ2) is 10.1. The molecule has 2 N–H and O–H groups in total. The first-order valence-corrected chi connectivity index (χ1v) is 17.8. The molecular weight excluding hydrogens is 620 g/mol. The van der Waals surface area contributed by atoms with Crippen LogP contribution in [0.15, 0.2) is 42.5 Å². The maximum absolute atomic E-state index is 14.4. The van der Waals surface area contributed by atoms with Crippen molar-refractivity contribution in [3.05, 3.63) is 48.0 Å². The number of aliphatic hydroxyl groups is 2. The molecule has 0 unspecified atom stereocenters. The Kier molecular flexibility index (Phi) is 6.66. The van der Waals surface area contributed by atoms with Gasteiger partial charge in [0.1, 0.15) is 29.5 Å². The lowest BCUT2D eigenvalue weighted by Gasteiger charge is -2.62. The highest BCUT2D eigenvalue weighted by Gasteiger charge is 2.94. The van der Waals surface area contributed by atoms with Crippen molar-refractivity contribution < 1.29 is 53.0 Å². The van der Waals surface area contributed by atoms with E-state index in [2.05, 4.69) is 13.5 Å². The molecule has 8 fully saturated rings. The van der Waals surface area contributed by atoms with Crippen LogP contribution < -0.4 is 0 Å². The van der Waals surface area contributed by atoms with Gasteiger partial charge in [-0.05, 0) is 43.4 Å². The van der Waals surface area contributed by atoms with Crippen molar-refractivity contribution in [2.24, 2.45) is 29.6 Å². The summed E-state index contributed by atoms with van der Waals surface area (Å²) in [7, 11) is 0. The molecule has 6 aliphatic heterocycles. The summed E-state index contributed by atoms with van der Waals surface area (Å²) in [5, 5.41) is 23.5. The number of carbonyl (C=O) groups excluding carboxylic acids is 2. The van der Waals surface area contributed by atoms with Crippen molar-refractivity contribution in [1.82, 2.24) is 0 Å². The molecule has 11 nitrogen and oxygen atoms in total. The Balaban J connectivity index is 1.29. The molecule has 14 atom stereocenters. The van der Waals surface area contributed by atoms with E-state index in [0.717, 1.165) is 44.1 Å². The highest BCUT2D eigenvalue weighted by atomic mass is 16.9. The van der Waals surface area contributed by atoms with Crippen molar-refractivity contribution in [3.63, 3.8) is 0 Å². The van der Waals surface area contributed by atoms with Crippen molar-refractivity contribution >= 4 is 11.9 Å². The third-order valence-electron chi connectivity index (χ3n) is 13.5. The summed E-state index contributed by atoms with van der Waals surface area (Å²) in [6.07, 6.45) is 3.55. The molecule has 3 spiro atoms. The minimum absolute atomic E-state index is 0.000293. The third-order valence-corrected chi connectivity index (χ3v) is 13.5.